The fraction of sp³-hybridized carbons (Fsp3) is 0.364. The van der Waals surface area contributed by atoms with Gasteiger partial charge in [0.15, 0.2) is 5.78 Å². The maximum Gasteiger partial charge on any atom is 0.191 e. The van der Waals surface area contributed by atoms with Crippen LogP contribution in [0.1, 0.15) is 24.2 Å². The van der Waals surface area contributed by atoms with E-state index in [0.717, 1.165) is 0 Å². The van der Waals surface area contributed by atoms with Gasteiger partial charge in [-0.25, -0.2) is 4.39 Å². The van der Waals surface area contributed by atoms with Gasteiger partial charge in [-0.15, -0.1) is 0 Å². The van der Waals surface area contributed by atoms with Crippen molar-refractivity contribution in [1.82, 2.24) is 0 Å². The number of hydrogen-bond donors (Lipinski definition) is 0. The van der Waals surface area contributed by atoms with Crippen molar-refractivity contribution in [3.63, 3.8) is 0 Å². The normalized spacial score (nSPS) is 12.5. The Kier molecular flexibility index (Phi) is 3.77. The lowest BCUT2D eigenvalue weighted by molar-refractivity contribution is 0.0520. The Morgan fingerprint density at radius 1 is 1.57 bits per heavy atom. The Balaban J connectivity index is 2.78. The highest BCUT2D eigenvalue weighted by molar-refractivity contribution is 5.99. The Labute approximate surface area is 82.7 Å². The number of Topliss-reactive ketones (excluding diaryl/α,β-unsaturated/α-hetero) is 1. The van der Waals surface area contributed by atoms with Gasteiger partial charge in [-0.05, 0) is 26.0 Å². The minimum Gasteiger partial charge on any atom is -0.371 e. The highest BCUT2D eigenvalue weighted by Gasteiger charge is 2.15. The number of rotatable bonds is 4. The van der Waals surface area contributed by atoms with Crippen LogP contribution < -0.4 is 0 Å². The predicted molar refractivity (Wildman–Crippen MR) is 51.8 cm³/mol. The summed E-state index contributed by atoms with van der Waals surface area (Å²) in [6, 6.07) is 5.63. The van der Waals surface area contributed by atoms with E-state index in [-0.39, 0.29) is 5.78 Å². The summed E-state index contributed by atoms with van der Waals surface area (Å²) in [6.07, 6.45) is -0.512. The molecule has 2 nitrogen and oxygen atoms in total. The van der Waals surface area contributed by atoms with Gasteiger partial charge in [-0.3, -0.25) is 4.79 Å². The van der Waals surface area contributed by atoms with E-state index in [1.165, 1.54) is 18.2 Å². The zero-order chi connectivity index (χ0) is 10.6. The minimum absolute atomic E-state index is 0.189. The fourth-order valence-corrected chi connectivity index (χ4v) is 1.20. The van der Waals surface area contributed by atoms with Gasteiger partial charge in [0.1, 0.15) is 11.9 Å². The molecule has 1 rings (SSSR count). The topological polar surface area (TPSA) is 26.3 Å². The molecule has 1 unspecified atom stereocenters. The van der Waals surface area contributed by atoms with Crippen LogP contribution in [0.5, 0.6) is 0 Å². The monoisotopic (exact) mass is 196 g/mol. The lowest BCUT2D eigenvalue weighted by atomic mass is 10.1. The first kappa shape index (κ1) is 10.9. The molecule has 0 aliphatic carbocycles. The largest absolute Gasteiger partial charge is 0.371 e. The van der Waals surface area contributed by atoms with Crippen LogP contribution in [0.2, 0.25) is 0 Å². The van der Waals surface area contributed by atoms with Crippen molar-refractivity contribution in [2.75, 3.05) is 6.61 Å². The van der Waals surface area contributed by atoms with E-state index in [2.05, 4.69) is 0 Å². The van der Waals surface area contributed by atoms with E-state index in [1.807, 2.05) is 6.92 Å². The van der Waals surface area contributed by atoms with Crippen LogP contribution in [0.3, 0.4) is 0 Å². The van der Waals surface area contributed by atoms with Crippen molar-refractivity contribution in [2.45, 2.75) is 20.0 Å². The Bertz CT molecular complexity index is 323. The van der Waals surface area contributed by atoms with Gasteiger partial charge in [-0.1, -0.05) is 12.1 Å². The first-order valence-corrected chi connectivity index (χ1v) is 4.56. The van der Waals surface area contributed by atoms with Gasteiger partial charge in [0.25, 0.3) is 0 Å². The Hall–Kier alpha value is -1.22. The lowest BCUT2D eigenvalue weighted by Gasteiger charge is -2.09. The molecule has 76 valence electrons. The van der Waals surface area contributed by atoms with Gasteiger partial charge in [0.05, 0.1) is 0 Å². The summed E-state index contributed by atoms with van der Waals surface area (Å²) >= 11 is 0. The van der Waals surface area contributed by atoms with E-state index in [4.69, 9.17) is 4.74 Å². The SMILES string of the molecule is CCOC(C)C(=O)c1cccc(F)c1. The van der Waals surface area contributed by atoms with Crippen molar-refractivity contribution < 1.29 is 13.9 Å². The van der Waals surface area contributed by atoms with Crippen LogP contribution in [0.4, 0.5) is 4.39 Å². The molecule has 3 heteroatoms. The molecule has 0 aliphatic rings. The molecule has 0 heterocycles. The highest BCUT2D eigenvalue weighted by Crippen LogP contribution is 2.08. The molecule has 0 spiro atoms. The quantitative estimate of drug-likeness (QED) is 0.691. The highest BCUT2D eigenvalue weighted by atomic mass is 19.1. The third kappa shape index (κ3) is 2.64. The Morgan fingerprint density at radius 2 is 2.29 bits per heavy atom. The summed E-state index contributed by atoms with van der Waals surface area (Å²) in [6.45, 7) is 3.95. The second-order valence-corrected chi connectivity index (χ2v) is 2.97. The maximum atomic E-state index is 12.8. The molecule has 0 aromatic heterocycles. The third-order valence-electron chi connectivity index (χ3n) is 1.90. The molecule has 0 bridgehead atoms. The van der Waals surface area contributed by atoms with Crippen LogP contribution in [0.25, 0.3) is 0 Å². The van der Waals surface area contributed by atoms with Gasteiger partial charge in [0.2, 0.25) is 0 Å². The zero-order valence-electron chi connectivity index (χ0n) is 8.29. The molecule has 0 radical (unpaired) electrons. The predicted octanol–water partition coefficient (Wildman–Crippen LogP) is 2.43. The molecular formula is C11H13FO2. The van der Waals surface area contributed by atoms with E-state index in [1.54, 1.807) is 13.0 Å². The van der Waals surface area contributed by atoms with Crippen molar-refractivity contribution in [1.29, 1.82) is 0 Å². The number of benzene rings is 1. The van der Waals surface area contributed by atoms with Gasteiger partial charge in [-0.2, -0.15) is 0 Å². The number of carbonyl (C=O) groups excluding carboxylic acids is 1. The van der Waals surface area contributed by atoms with E-state index < -0.39 is 11.9 Å². The van der Waals surface area contributed by atoms with Gasteiger partial charge in [0, 0.05) is 12.2 Å². The standard InChI is InChI=1S/C11H13FO2/c1-3-14-8(2)11(13)9-5-4-6-10(12)7-9/h4-8H,3H2,1-2H3. The zero-order valence-corrected chi connectivity index (χ0v) is 8.29. The molecule has 1 atom stereocenters. The molecule has 1 aromatic rings. The molecule has 0 saturated carbocycles. The van der Waals surface area contributed by atoms with Gasteiger partial charge >= 0.3 is 0 Å². The number of ether oxygens (including phenoxy) is 1. The lowest BCUT2D eigenvalue weighted by Crippen LogP contribution is -2.20. The second kappa shape index (κ2) is 4.86. The first-order chi connectivity index (χ1) is 6.65. The molecular weight excluding hydrogens is 183 g/mol. The summed E-state index contributed by atoms with van der Waals surface area (Å²) in [5.41, 5.74) is 0.353. The molecule has 14 heavy (non-hydrogen) atoms. The van der Waals surface area contributed by atoms with Crippen molar-refractivity contribution in [3.05, 3.63) is 35.6 Å². The molecule has 0 amide bonds. The van der Waals surface area contributed by atoms with Crippen LogP contribution in [0.15, 0.2) is 24.3 Å². The van der Waals surface area contributed by atoms with E-state index in [9.17, 15) is 9.18 Å². The van der Waals surface area contributed by atoms with Crippen molar-refractivity contribution in [2.24, 2.45) is 0 Å². The average molecular weight is 196 g/mol. The second-order valence-electron chi connectivity index (χ2n) is 2.97. The van der Waals surface area contributed by atoms with Crippen LogP contribution in [-0.2, 0) is 4.74 Å². The number of ketones is 1. The van der Waals surface area contributed by atoms with Crippen molar-refractivity contribution >= 4 is 5.78 Å². The van der Waals surface area contributed by atoms with Crippen LogP contribution >= 0.6 is 0 Å². The smallest absolute Gasteiger partial charge is 0.191 e. The maximum absolute atomic E-state index is 12.8. The van der Waals surface area contributed by atoms with Gasteiger partial charge < -0.3 is 4.74 Å². The number of hydrogen-bond acceptors (Lipinski definition) is 2. The number of halogens is 1. The summed E-state index contributed by atoms with van der Waals surface area (Å²) in [5.74, 6) is -0.592. The Morgan fingerprint density at radius 3 is 2.86 bits per heavy atom. The third-order valence-corrected chi connectivity index (χ3v) is 1.90. The summed E-state index contributed by atoms with van der Waals surface area (Å²) in [4.78, 5) is 11.6. The first-order valence-electron chi connectivity index (χ1n) is 4.56. The number of carbonyl (C=O) groups is 1. The molecule has 0 N–H and O–H groups in total. The summed E-state index contributed by atoms with van der Waals surface area (Å²) in [5, 5.41) is 0. The molecule has 0 fully saturated rings. The molecule has 0 aliphatic heterocycles. The summed E-state index contributed by atoms with van der Waals surface area (Å²) in [7, 11) is 0. The van der Waals surface area contributed by atoms with E-state index in [0.29, 0.717) is 12.2 Å². The minimum atomic E-state index is -0.512. The molecule has 1 aromatic carbocycles. The van der Waals surface area contributed by atoms with Crippen LogP contribution in [-0.4, -0.2) is 18.5 Å². The van der Waals surface area contributed by atoms with E-state index >= 15 is 0 Å². The van der Waals surface area contributed by atoms with Crippen LogP contribution in [0, 0.1) is 5.82 Å². The average Bonchev–Trinajstić information content (AvgIpc) is 2.17. The molecule has 0 saturated heterocycles. The van der Waals surface area contributed by atoms with Crippen molar-refractivity contribution in [3.8, 4) is 0 Å². The fourth-order valence-electron chi connectivity index (χ4n) is 1.20. The summed E-state index contributed by atoms with van der Waals surface area (Å²) < 4.78 is 17.9.